The zero-order chi connectivity index (χ0) is 19.3. The van der Waals surface area contributed by atoms with E-state index in [1.54, 1.807) is 6.20 Å². The molecule has 2 aromatic rings. The van der Waals surface area contributed by atoms with Crippen molar-refractivity contribution in [2.75, 3.05) is 51.2 Å². The highest BCUT2D eigenvalue weighted by Gasteiger charge is 2.24. The first-order valence-electron chi connectivity index (χ1n) is 10.4. The molecule has 0 unspecified atom stereocenters. The van der Waals surface area contributed by atoms with Crippen LogP contribution in [0.25, 0.3) is 0 Å². The Balaban J connectivity index is 1.30. The number of likely N-dealkylation sites (tertiary alicyclic amines) is 1. The van der Waals surface area contributed by atoms with Crippen LogP contribution in [-0.4, -0.2) is 67.0 Å². The Bertz CT molecular complexity index is 761. The average molecular weight is 379 g/mol. The normalized spacial score (nSPS) is 19.0. The van der Waals surface area contributed by atoms with Gasteiger partial charge in [-0.15, -0.1) is 0 Å². The third-order valence-corrected chi connectivity index (χ3v) is 6.09. The van der Waals surface area contributed by atoms with E-state index in [4.69, 9.17) is 0 Å². The summed E-state index contributed by atoms with van der Waals surface area (Å²) in [7, 11) is 2.15. The van der Waals surface area contributed by atoms with Crippen molar-refractivity contribution in [1.82, 2.24) is 14.8 Å². The van der Waals surface area contributed by atoms with Crippen LogP contribution in [0.15, 0.2) is 48.7 Å². The zero-order valence-electron chi connectivity index (χ0n) is 16.8. The average Bonchev–Trinajstić information content (AvgIpc) is 2.75. The van der Waals surface area contributed by atoms with Crippen LogP contribution in [0.1, 0.15) is 28.8 Å². The second-order valence-electron chi connectivity index (χ2n) is 8.12. The van der Waals surface area contributed by atoms with E-state index in [1.165, 1.54) is 5.56 Å². The Morgan fingerprint density at radius 1 is 0.964 bits per heavy atom. The van der Waals surface area contributed by atoms with Crippen LogP contribution in [0.4, 0.5) is 5.82 Å². The Labute approximate surface area is 168 Å². The number of piperidine rings is 1. The molecule has 2 saturated heterocycles. The molecule has 0 spiro atoms. The number of rotatable bonds is 4. The van der Waals surface area contributed by atoms with Crippen molar-refractivity contribution in [2.24, 2.45) is 5.92 Å². The van der Waals surface area contributed by atoms with E-state index in [0.29, 0.717) is 11.5 Å². The third-order valence-electron chi connectivity index (χ3n) is 6.09. The van der Waals surface area contributed by atoms with E-state index in [9.17, 15) is 4.79 Å². The molecule has 2 aliphatic rings. The maximum Gasteiger partial charge on any atom is 0.255 e. The van der Waals surface area contributed by atoms with Crippen molar-refractivity contribution < 1.29 is 4.79 Å². The van der Waals surface area contributed by atoms with Gasteiger partial charge < -0.3 is 14.7 Å². The summed E-state index contributed by atoms with van der Waals surface area (Å²) in [5.74, 6) is 1.77. The number of likely N-dealkylation sites (N-methyl/N-ethyl adjacent to an activating group) is 1. The van der Waals surface area contributed by atoms with Gasteiger partial charge >= 0.3 is 0 Å². The first-order chi connectivity index (χ1) is 13.7. The van der Waals surface area contributed by atoms with Gasteiger partial charge in [0.05, 0.1) is 5.56 Å². The molecule has 0 atom stereocenters. The molecular formula is C23H30N4O. The summed E-state index contributed by atoms with van der Waals surface area (Å²) >= 11 is 0. The lowest BCUT2D eigenvalue weighted by Crippen LogP contribution is -2.44. The molecule has 4 rings (SSSR count). The van der Waals surface area contributed by atoms with Crippen molar-refractivity contribution >= 4 is 11.7 Å². The minimum Gasteiger partial charge on any atom is -0.354 e. The predicted molar refractivity (Wildman–Crippen MR) is 113 cm³/mol. The molecule has 1 aromatic carbocycles. The molecule has 2 fully saturated rings. The minimum atomic E-state index is 0.121. The molecule has 28 heavy (non-hydrogen) atoms. The molecule has 0 aliphatic carbocycles. The van der Waals surface area contributed by atoms with Gasteiger partial charge in [-0.05, 0) is 49.9 Å². The smallest absolute Gasteiger partial charge is 0.255 e. The summed E-state index contributed by atoms with van der Waals surface area (Å²) in [6, 6.07) is 14.6. The van der Waals surface area contributed by atoms with Gasteiger partial charge in [-0.3, -0.25) is 4.79 Å². The molecule has 0 radical (unpaired) electrons. The number of amides is 1. The monoisotopic (exact) mass is 378 g/mol. The highest BCUT2D eigenvalue weighted by atomic mass is 16.2. The molecule has 148 valence electrons. The summed E-state index contributed by atoms with van der Waals surface area (Å²) in [6.07, 6.45) is 5.02. The van der Waals surface area contributed by atoms with Gasteiger partial charge in [-0.25, -0.2) is 4.98 Å². The Morgan fingerprint density at radius 3 is 2.32 bits per heavy atom. The minimum absolute atomic E-state index is 0.121. The lowest BCUT2D eigenvalue weighted by molar-refractivity contribution is 0.0690. The van der Waals surface area contributed by atoms with Gasteiger partial charge in [-0.2, -0.15) is 0 Å². The summed E-state index contributed by atoms with van der Waals surface area (Å²) in [4.78, 5) is 24.1. The highest BCUT2D eigenvalue weighted by molar-refractivity contribution is 5.94. The SMILES string of the molecule is CN1CCN(c2ccc(C(=O)N3CCC(Cc4ccccc4)CC3)cn2)CC1. The van der Waals surface area contributed by atoms with Gasteiger partial charge in [-0.1, -0.05) is 30.3 Å². The summed E-state index contributed by atoms with van der Waals surface area (Å²) in [6.45, 7) is 5.78. The lowest BCUT2D eigenvalue weighted by Gasteiger charge is -2.33. The van der Waals surface area contributed by atoms with Gasteiger partial charge in [0.1, 0.15) is 5.82 Å². The zero-order valence-corrected chi connectivity index (χ0v) is 16.8. The van der Waals surface area contributed by atoms with E-state index >= 15 is 0 Å². The first kappa shape index (κ1) is 18.9. The van der Waals surface area contributed by atoms with Crippen LogP contribution in [0.2, 0.25) is 0 Å². The quantitative estimate of drug-likeness (QED) is 0.820. The fraction of sp³-hybridized carbons (Fsp3) is 0.478. The maximum atomic E-state index is 12.9. The van der Waals surface area contributed by atoms with Crippen molar-refractivity contribution in [3.63, 3.8) is 0 Å². The molecular weight excluding hydrogens is 348 g/mol. The second kappa shape index (κ2) is 8.74. The lowest BCUT2D eigenvalue weighted by atomic mass is 9.90. The summed E-state index contributed by atoms with van der Waals surface area (Å²) in [5.41, 5.74) is 2.11. The molecule has 0 saturated carbocycles. The fourth-order valence-corrected chi connectivity index (χ4v) is 4.21. The number of aromatic nitrogens is 1. The van der Waals surface area contributed by atoms with Gasteiger partial charge in [0.2, 0.25) is 0 Å². The first-order valence-corrected chi connectivity index (χ1v) is 10.4. The number of anilines is 1. The Morgan fingerprint density at radius 2 is 1.68 bits per heavy atom. The van der Waals surface area contributed by atoms with E-state index in [-0.39, 0.29) is 5.91 Å². The number of carbonyl (C=O) groups is 1. The highest BCUT2D eigenvalue weighted by Crippen LogP contribution is 2.23. The topological polar surface area (TPSA) is 39.7 Å². The van der Waals surface area contributed by atoms with Crippen LogP contribution in [0.3, 0.4) is 0 Å². The Hall–Kier alpha value is -2.40. The summed E-state index contributed by atoms with van der Waals surface area (Å²) < 4.78 is 0. The molecule has 5 heteroatoms. The van der Waals surface area contributed by atoms with E-state index in [2.05, 4.69) is 52.2 Å². The molecule has 1 amide bonds. The second-order valence-corrected chi connectivity index (χ2v) is 8.12. The van der Waals surface area contributed by atoms with Crippen molar-refractivity contribution in [2.45, 2.75) is 19.3 Å². The van der Waals surface area contributed by atoms with Crippen LogP contribution >= 0.6 is 0 Å². The molecule has 0 bridgehead atoms. The van der Waals surface area contributed by atoms with Crippen molar-refractivity contribution in [3.8, 4) is 0 Å². The van der Waals surface area contributed by atoms with E-state index in [0.717, 1.165) is 64.3 Å². The standard InChI is InChI=1S/C23H30N4O/c1-25-13-15-26(16-14-25)22-8-7-21(18-24-22)23(28)27-11-9-20(10-12-27)17-19-5-3-2-4-6-19/h2-8,18,20H,9-17H2,1H3. The van der Waals surface area contributed by atoms with Crippen molar-refractivity contribution in [3.05, 3.63) is 59.8 Å². The summed E-state index contributed by atoms with van der Waals surface area (Å²) in [5, 5.41) is 0. The number of hydrogen-bond acceptors (Lipinski definition) is 4. The van der Waals surface area contributed by atoms with Crippen LogP contribution in [0.5, 0.6) is 0 Å². The van der Waals surface area contributed by atoms with Gasteiger partial charge in [0, 0.05) is 45.5 Å². The molecule has 0 N–H and O–H groups in total. The molecule has 1 aromatic heterocycles. The van der Waals surface area contributed by atoms with E-state index in [1.807, 2.05) is 17.0 Å². The number of benzene rings is 1. The third kappa shape index (κ3) is 4.53. The number of hydrogen-bond donors (Lipinski definition) is 0. The van der Waals surface area contributed by atoms with E-state index < -0.39 is 0 Å². The van der Waals surface area contributed by atoms with Crippen LogP contribution in [0, 0.1) is 5.92 Å². The number of nitrogens with zero attached hydrogens (tertiary/aromatic N) is 4. The van der Waals surface area contributed by atoms with Crippen LogP contribution < -0.4 is 4.90 Å². The molecule has 3 heterocycles. The number of piperazine rings is 1. The predicted octanol–water partition coefficient (Wildman–Crippen LogP) is 2.93. The number of pyridine rings is 1. The van der Waals surface area contributed by atoms with Crippen LogP contribution in [-0.2, 0) is 6.42 Å². The molecule has 2 aliphatic heterocycles. The van der Waals surface area contributed by atoms with Crippen molar-refractivity contribution in [1.29, 1.82) is 0 Å². The molecule has 5 nitrogen and oxygen atoms in total. The Kier molecular flexibility index (Phi) is 5.91. The van der Waals surface area contributed by atoms with Gasteiger partial charge in [0.15, 0.2) is 0 Å². The largest absolute Gasteiger partial charge is 0.354 e. The number of carbonyl (C=O) groups excluding carboxylic acids is 1. The van der Waals surface area contributed by atoms with Gasteiger partial charge in [0.25, 0.3) is 5.91 Å². The fourth-order valence-electron chi connectivity index (χ4n) is 4.21. The maximum absolute atomic E-state index is 12.9.